The van der Waals surface area contributed by atoms with Gasteiger partial charge in [-0.25, -0.2) is 4.98 Å². The number of nitrogens with one attached hydrogen (secondary N) is 1. The zero-order valence-electron chi connectivity index (χ0n) is 13.1. The molecule has 1 aromatic carbocycles. The van der Waals surface area contributed by atoms with Crippen LogP contribution in [0.1, 0.15) is 24.4 Å². The molecule has 1 aromatic heterocycles. The van der Waals surface area contributed by atoms with E-state index in [0.29, 0.717) is 6.61 Å². The van der Waals surface area contributed by atoms with E-state index in [2.05, 4.69) is 27.9 Å². The Morgan fingerprint density at radius 3 is 2.76 bits per heavy atom. The number of aryl methyl sites for hydroxylation is 1. The van der Waals surface area contributed by atoms with Gasteiger partial charge in [-0.2, -0.15) is 0 Å². The number of hydrogen-bond acceptors (Lipinski definition) is 4. The van der Waals surface area contributed by atoms with E-state index in [1.807, 2.05) is 32.3 Å². The van der Waals surface area contributed by atoms with Crippen LogP contribution in [0, 0.1) is 6.92 Å². The van der Waals surface area contributed by atoms with Gasteiger partial charge < -0.3 is 19.4 Å². The van der Waals surface area contributed by atoms with Crippen LogP contribution in [0.3, 0.4) is 0 Å². The Kier molecular flexibility index (Phi) is 5.22. The van der Waals surface area contributed by atoms with Crippen LogP contribution >= 0.6 is 0 Å². The van der Waals surface area contributed by atoms with Gasteiger partial charge in [-0.05, 0) is 38.6 Å². The molecule has 1 unspecified atom stereocenters. The van der Waals surface area contributed by atoms with E-state index in [4.69, 9.17) is 9.47 Å². The smallest absolute Gasteiger partial charge is 0.161 e. The molecule has 0 aliphatic rings. The average Bonchev–Trinajstić information content (AvgIpc) is 2.92. The van der Waals surface area contributed by atoms with Gasteiger partial charge in [-0.3, -0.25) is 0 Å². The van der Waals surface area contributed by atoms with E-state index in [1.165, 1.54) is 5.56 Å². The summed E-state index contributed by atoms with van der Waals surface area (Å²) < 4.78 is 13.3. The number of hydrogen-bond donors (Lipinski definition) is 1. The van der Waals surface area contributed by atoms with Crippen LogP contribution < -0.4 is 14.8 Å². The molecule has 1 atom stereocenters. The van der Waals surface area contributed by atoms with Gasteiger partial charge in [0.25, 0.3) is 0 Å². The molecule has 0 fully saturated rings. The first-order valence-electron chi connectivity index (χ1n) is 7.11. The fourth-order valence-corrected chi connectivity index (χ4v) is 2.13. The first-order valence-corrected chi connectivity index (χ1v) is 7.11. The van der Waals surface area contributed by atoms with Crippen LogP contribution in [0.2, 0.25) is 0 Å². The summed E-state index contributed by atoms with van der Waals surface area (Å²) in [7, 11) is 3.60. The number of ether oxygens (including phenoxy) is 2. The largest absolute Gasteiger partial charge is 0.493 e. The van der Waals surface area contributed by atoms with E-state index < -0.39 is 0 Å². The molecule has 114 valence electrons. The monoisotopic (exact) mass is 289 g/mol. The fourth-order valence-electron chi connectivity index (χ4n) is 2.13. The lowest BCUT2D eigenvalue weighted by Crippen LogP contribution is -2.13. The highest BCUT2D eigenvalue weighted by Crippen LogP contribution is 2.30. The highest BCUT2D eigenvalue weighted by Gasteiger charge is 2.09. The average molecular weight is 289 g/mol. The van der Waals surface area contributed by atoms with E-state index in [9.17, 15) is 0 Å². The van der Waals surface area contributed by atoms with Crippen molar-refractivity contribution in [2.24, 2.45) is 0 Å². The third-order valence-electron chi connectivity index (χ3n) is 3.63. The minimum Gasteiger partial charge on any atom is -0.493 e. The van der Waals surface area contributed by atoms with Crippen LogP contribution in [0.4, 0.5) is 0 Å². The first kappa shape index (κ1) is 15.4. The summed E-state index contributed by atoms with van der Waals surface area (Å²) in [6, 6.07) is 6.31. The van der Waals surface area contributed by atoms with Crippen LogP contribution in [-0.2, 0) is 6.54 Å². The van der Waals surface area contributed by atoms with Gasteiger partial charge in [-0.1, -0.05) is 6.07 Å². The molecular formula is C16H23N3O2. The van der Waals surface area contributed by atoms with E-state index in [0.717, 1.165) is 23.9 Å². The number of nitrogens with zero attached hydrogens (tertiary/aromatic N) is 2. The minimum absolute atomic E-state index is 0.279. The molecule has 0 aliphatic heterocycles. The Balaban J connectivity index is 2.01. The second kappa shape index (κ2) is 7.13. The maximum absolute atomic E-state index is 5.83. The molecule has 5 heteroatoms. The maximum Gasteiger partial charge on any atom is 0.161 e. The number of benzene rings is 1. The third kappa shape index (κ3) is 3.76. The highest BCUT2D eigenvalue weighted by atomic mass is 16.5. The molecule has 0 radical (unpaired) electrons. The molecule has 0 saturated heterocycles. The van der Waals surface area contributed by atoms with Crippen LogP contribution in [0.15, 0.2) is 30.6 Å². The lowest BCUT2D eigenvalue weighted by atomic mass is 10.1. The molecule has 2 rings (SSSR count). The molecule has 0 spiro atoms. The molecule has 2 aromatic rings. The summed E-state index contributed by atoms with van der Waals surface area (Å²) in [6.07, 6.45) is 3.75. The second-order valence-corrected chi connectivity index (χ2v) is 4.94. The standard InChI is InChI=1S/C16H23N3O2/c1-12(17-3)14-5-6-15(16(11-14)20-4)21-10-9-19-8-7-18-13(19)2/h5-8,11-12,17H,9-10H2,1-4H3. The van der Waals surface area contributed by atoms with Gasteiger partial charge >= 0.3 is 0 Å². The van der Waals surface area contributed by atoms with Gasteiger partial charge in [0.05, 0.1) is 13.7 Å². The van der Waals surface area contributed by atoms with Crippen molar-refractivity contribution < 1.29 is 9.47 Å². The van der Waals surface area contributed by atoms with E-state index in [-0.39, 0.29) is 6.04 Å². The van der Waals surface area contributed by atoms with Gasteiger partial charge in [0.15, 0.2) is 11.5 Å². The Morgan fingerprint density at radius 1 is 1.33 bits per heavy atom. The SMILES string of the molecule is CNC(C)c1ccc(OCCn2ccnc2C)c(OC)c1. The molecule has 5 nitrogen and oxygen atoms in total. The number of imidazole rings is 1. The molecule has 1 heterocycles. The van der Waals surface area contributed by atoms with Crippen molar-refractivity contribution >= 4 is 0 Å². The summed E-state index contributed by atoms with van der Waals surface area (Å²) in [6.45, 7) is 5.43. The highest BCUT2D eigenvalue weighted by molar-refractivity contribution is 5.43. The fraction of sp³-hybridized carbons (Fsp3) is 0.438. The van der Waals surface area contributed by atoms with Crippen molar-refractivity contribution in [3.05, 3.63) is 42.0 Å². The minimum atomic E-state index is 0.279. The predicted molar refractivity (Wildman–Crippen MR) is 82.9 cm³/mol. The van der Waals surface area contributed by atoms with Gasteiger partial charge in [0, 0.05) is 18.4 Å². The van der Waals surface area contributed by atoms with Crippen molar-refractivity contribution in [3.8, 4) is 11.5 Å². The van der Waals surface area contributed by atoms with Crippen LogP contribution in [-0.4, -0.2) is 30.3 Å². The lowest BCUT2D eigenvalue weighted by molar-refractivity contribution is 0.278. The van der Waals surface area contributed by atoms with Crippen LogP contribution in [0.25, 0.3) is 0 Å². The number of rotatable bonds is 7. The van der Waals surface area contributed by atoms with Crippen molar-refractivity contribution in [2.45, 2.75) is 26.4 Å². The van der Waals surface area contributed by atoms with Crippen molar-refractivity contribution in [2.75, 3.05) is 20.8 Å². The van der Waals surface area contributed by atoms with Crippen molar-refractivity contribution in [3.63, 3.8) is 0 Å². The number of methoxy groups -OCH3 is 1. The van der Waals surface area contributed by atoms with E-state index >= 15 is 0 Å². The predicted octanol–water partition coefficient (Wildman–Crippen LogP) is 2.56. The maximum atomic E-state index is 5.83. The topological polar surface area (TPSA) is 48.3 Å². The third-order valence-corrected chi connectivity index (χ3v) is 3.63. The summed E-state index contributed by atoms with van der Waals surface area (Å²) in [4.78, 5) is 4.19. The lowest BCUT2D eigenvalue weighted by Gasteiger charge is -2.15. The molecule has 0 bridgehead atoms. The Bertz CT molecular complexity index is 581. The second-order valence-electron chi connectivity index (χ2n) is 4.94. The number of aromatic nitrogens is 2. The Labute approximate surface area is 125 Å². The van der Waals surface area contributed by atoms with Crippen molar-refractivity contribution in [1.82, 2.24) is 14.9 Å². The summed E-state index contributed by atoms with van der Waals surface area (Å²) >= 11 is 0. The van der Waals surface area contributed by atoms with Gasteiger partial charge in [-0.15, -0.1) is 0 Å². The Morgan fingerprint density at radius 2 is 2.14 bits per heavy atom. The summed E-state index contributed by atoms with van der Waals surface area (Å²) in [5, 5.41) is 3.21. The molecule has 0 saturated carbocycles. The molecule has 0 aliphatic carbocycles. The molecule has 1 N–H and O–H groups in total. The summed E-state index contributed by atoms with van der Waals surface area (Å²) in [5.74, 6) is 2.52. The quantitative estimate of drug-likeness (QED) is 0.851. The zero-order valence-corrected chi connectivity index (χ0v) is 13.1. The van der Waals surface area contributed by atoms with E-state index in [1.54, 1.807) is 13.3 Å². The Hall–Kier alpha value is -2.01. The van der Waals surface area contributed by atoms with Gasteiger partial charge in [0.1, 0.15) is 12.4 Å². The zero-order chi connectivity index (χ0) is 15.2. The van der Waals surface area contributed by atoms with Gasteiger partial charge in [0.2, 0.25) is 0 Å². The summed E-state index contributed by atoms with van der Waals surface area (Å²) in [5.41, 5.74) is 1.17. The molecular weight excluding hydrogens is 266 g/mol. The molecule has 0 amide bonds. The normalized spacial score (nSPS) is 12.2. The van der Waals surface area contributed by atoms with Crippen LogP contribution in [0.5, 0.6) is 11.5 Å². The van der Waals surface area contributed by atoms with Crippen molar-refractivity contribution in [1.29, 1.82) is 0 Å². The first-order chi connectivity index (χ1) is 10.2. The molecule has 21 heavy (non-hydrogen) atoms.